The van der Waals surface area contributed by atoms with Crippen molar-refractivity contribution in [3.05, 3.63) is 28.8 Å². The summed E-state index contributed by atoms with van der Waals surface area (Å²) in [5, 5.41) is 7.31. The highest BCUT2D eigenvalue weighted by Crippen LogP contribution is 2.24. The molecule has 0 unspecified atom stereocenters. The monoisotopic (exact) mass is 210 g/mol. The minimum absolute atomic E-state index is 0.0261. The lowest BCUT2D eigenvalue weighted by molar-refractivity contribution is 0.270. The van der Waals surface area contributed by atoms with Crippen LogP contribution in [0.15, 0.2) is 12.1 Å². The first kappa shape index (κ1) is 11.5. The molecular weight excluding hydrogens is 195 g/mol. The molecule has 1 rings (SSSR count). The topological polar surface area (TPSA) is 59.1 Å². The molecule has 0 aliphatic heterocycles. The first-order valence-corrected chi connectivity index (χ1v) is 4.70. The van der Waals surface area contributed by atoms with Crippen molar-refractivity contribution < 1.29 is 9.13 Å². The van der Waals surface area contributed by atoms with E-state index in [2.05, 4.69) is 0 Å². The molecule has 0 atom stereocenters. The number of alkyl halides is 1. The SMILES string of the molecule is Cc1cc(C(=N)N)cc(C)c1OCCF. The van der Waals surface area contributed by atoms with Crippen LogP contribution in [0.1, 0.15) is 16.7 Å². The highest BCUT2D eigenvalue weighted by atomic mass is 19.1. The second-order valence-corrected chi connectivity index (χ2v) is 3.39. The molecule has 1 aromatic carbocycles. The summed E-state index contributed by atoms with van der Waals surface area (Å²) >= 11 is 0. The van der Waals surface area contributed by atoms with Crippen LogP contribution in [0.25, 0.3) is 0 Å². The summed E-state index contributed by atoms with van der Waals surface area (Å²) < 4.78 is 17.2. The Hall–Kier alpha value is -1.58. The molecule has 0 aromatic heterocycles. The smallest absolute Gasteiger partial charge is 0.125 e. The summed E-state index contributed by atoms with van der Waals surface area (Å²) in [5.41, 5.74) is 7.79. The van der Waals surface area contributed by atoms with Crippen molar-refractivity contribution in [1.29, 1.82) is 5.41 Å². The van der Waals surface area contributed by atoms with Crippen molar-refractivity contribution in [3.63, 3.8) is 0 Å². The van der Waals surface area contributed by atoms with Crippen molar-refractivity contribution in [2.75, 3.05) is 13.3 Å². The van der Waals surface area contributed by atoms with Gasteiger partial charge >= 0.3 is 0 Å². The summed E-state index contributed by atoms with van der Waals surface area (Å²) in [4.78, 5) is 0. The minimum atomic E-state index is -0.507. The molecule has 4 heteroatoms. The Morgan fingerprint density at radius 1 is 1.40 bits per heavy atom. The number of aryl methyl sites for hydroxylation is 2. The van der Waals surface area contributed by atoms with Crippen LogP contribution in [0.4, 0.5) is 4.39 Å². The lowest BCUT2D eigenvalue weighted by atomic mass is 10.1. The number of ether oxygens (including phenoxy) is 1. The number of nitrogens with two attached hydrogens (primary N) is 1. The predicted molar refractivity (Wildman–Crippen MR) is 58.4 cm³/mol. The van der Waals surface area contributed by atoms with Crippen LogP contribution >= 0.6 is 0 Å². The quantitative estimate of drug-likeness (QED) is 0.589. The molecule has 3 nitrogen and oxygen atoms in total. The van der Waals surface area contributed by atoms with Crippen LogP contribution in [-0.2, 0) is 0 Å². The van der Waals surface area contributed by atoms with Gasteiger partial charge in [0.25, 0.3) is 0 Å². The number of hydrogen-bond acceptors (Lipinski definition) is 2. The fourth-order valence-corrected chi connectivity index (χ4v) is 1.47. The van der Waals surface area contributed by atoms with E-state index in [1.807, 2.05) is 13.8 Å². The van der Waals surface area contributed by atoms with Crippen LogP contribution in [-0.4, -0.2) is 19.1 Å². The van der Waals surface area contributed by atoms with Crippen LogP contribution in [0.5, 0.6) is 5.75 Å². The number of amidine groups is 1. The molecule has 0 aliphatic rings. The zero-order chi connectivity index (χ0) is 11.4. The molecule has 15 heavy (non-hydrogen) atoms. The average Bonchev–Trinajstić information content (AvgIpc) is 2.16. The van der Waals surface area contributed by atoms with Gasteiger partial charge in [0.05, 0.1) is 0 Å². The van der Waals surface area contributed by atoms with Gasteiger partial charge in [-0.3, -0.25) is 5.41 Å². The van der Waals surface area contributed by atoms with E-state index in [1.165, 1.54) is 0 Å². The van der Waals surface area contributed by atoms with E-state index in [4.69, 9.17) is 15.9 Å². The van der Waals surface area contributed by atoms with Crippen LogP contribution < -0.4 is 10.5 Å². The number of halogens is 1. The number of nitrogens with one attached hydrogen (secondary N) is 1. The summed E-state index contributed by atoms with van der Waals surface area (Å²) in [6, 6.07) is 3.53. The second-order valence-electron chi connectivity index (χ2n) is 3.39. The second kappa shape index (κ2) is 4.77. The van der Waals surface area contributed by atoms with E-state index in [0.29, 0.717) is 11.3 Å². The fraction of sp³-hybridized carbons (Fsp3) is 0.364. The molecule has 0 radical (unpaired) electrons. The summed E-state index contributed by atoms with van der Waals surface area (Å²) in [5.74, 6) is 0.705. The first-order valence-electron chi connectivity index (χ1n) is 4.70. The van der Waals surface area contributed by atoms with E-state index >= 15 is 0 Å². The Labute approximate surface area is 88.6 Å². The van der Waals surface area contributed by atoms with Gasteiger partial charge in [0.15, 0.2) is 0 Å². The molecule has 1 aromatic rings. The maximum Gasteiger partial charge on any atom is 0.125 e. The Morgan fingerprint density at radius 2 is 1.93 bits per heavy atom. The van der Waals surface area contributed by atoms with Crippen molar-refractivity contribution in [2.24, 2.45) is 5.73 Å². The van der Waals surface area contributed by atoms with Gasteiger partial charge in [-0.15, -0.1) is 0 Å². The third kappa shape index (κ3) is 2.68. The molecule has 82 valence electrons. The molecule has 0 amide bonds. The Kier molecular flexibility index (Phi) is 3.66. The van der Waals surface area contributed by atoms with Gasteiger partial charge in [0.1, 0.15) is 24.9 Å². The number of nitrogen functional groups attached to an aromatic ring is 1. The predicted octanol–water partition coefficient (Wildman–Crippen LogP) is 1.94. The maximum atomic E-state index is 12.0. The van der Waals surface area contributed by atoms with Crippen LogP contribution in [0.2, 0.25) is 0 Å². The summed E-state index contributed by atoms with van der Waals surface area (Å²) in [6.45, 7) is 3.26. The van der Waals surface area contributed by atoms with Gasteiger partial charge in [0, 0.05) is 5.56 Å². The van der Waals surface area contributed by atoms with E-state index < -0.39 is 6.67 Å². The Balaban J connectivity index is 3.04. The average molecular weight is 210 g/mol. The zero-order valence-corrected chi connectivity index (χ0v) is 8.93. The molecule has 0 fully saturated rings. The van der Waals surface area contributed by atoms with Gasteiger partial charge < -0.3 is 10.5 Å². The maximum absolute atomic E-state index is 12.0. The van der Waals surface area contributed by atoms with Crippen molar-refractivity contribution in [1.82, 2.24) is 0 Å². The molecular formula is C11H15FN2O. The highest BCUT2D eigenvalue weighted by Gasteiger charge is 2.07. The minimum Gasteiger partial charge on any atom is -0.490 e. The lowest BCUT2D eigenvalue weighted by Crippen LogP contribution is -2.12. The third-order valence-corrected chi connectivity index (χ3v) is 2.09. The molecule has 3 N–H and O–H groups in total. The number of rotatable bonds is 4. The molecule has 0 aliphatic carbocycles. The number of hydrogen-bond donors (Lipinski definition) is 2. The first-order chi connectivity index (χ1) is 7.06. The van der Waals surface area contributed by atoms with E-state index in [1.54, 1.807) is 12.1 Å². The van der Waals surface area contributed by atoms with Crippen LogP contribution in [0.3, 0.4) is 0 Å². The van der Waals surface area contributed by atoms with Gasteiger partial charge in [-0.2, -0.15) is 0 Å². The van der Waals surface area contributed by atoms with Gasteiger partial charge in [0.2, 0.25) is 0 Å². The largest absolute Gasteiger partial charge is 0.490 e. The molecule has 0 saturated heterocycles. The molecule has 0 bridgehead atoms. The van der Waals surface area contributed by atoms with E-state index in [-0.39, 0.29) is 12.4 Å². The molecule has 0 spiro atoms. The third-order valence-electron chi connectivity index (χ3n) is 2.09. The Morgan fingerprint density at radius 3 is 2.33 bits per heavy atom. The van der Waals surface area contributed by atoms with Gasteiger partial charge in [-0.05, 0) is 37.1 Å². The van der Waals surface area contributed by atoms with Crippen LogP contribution in [0, 0.1) is 19.3 Å². The van der Waals surface area contributed by atoms with E-state index in [0.717, 1.165) is 11.1 Å². The van der Waals surface area contributed by atoms with Gasteiger partial charge in [-0.1, -0.05) is 0 Å². The number of benzene rings is 1. The van der Waals surface area contributed by atoms with Crippen molar-refractivity contribution in [3.8, 4) is 5.75 Å². The summed E-state index contributed by atoms with van der Waals surface area (Å²) in [6.07, 6.45) is 0. The normalized spacial score (nSPS) is 10.1. The fourth-order valence-electron chi connectivity index (χ4n) is 1.47. The van der Waals surface area contributed by atoms with Crippen molar-refractivity contribution in [2.45, 2.75) is 13.8 Å². The highest BCUT2D eigenvalue weighted by molar-refractivity contribution is 5.95. The van der Waals surface area contributed by atoms with Gasteiger partial charge in [-0.25, -0.2) is 4.39 Å². The standard InChI is InChI=1S/C11H15FN2O/c1-7-5-9(11(13)14)6-8(2)10(7)15-4-3-12/h5-6H,3-4H2,1-2H3,(H3,13,14). The lowest BCUT2D eigenvalue weighted by Gasteiger charge is -2.12. The molecule has 0 heterocycles. The van der Waals surface area contributed by atoms with E-state index in [9.17, 15) is 4.39 Å². The summed E-state index contributed by atoms with van der Waals surface area (Å²) in [7, 11) is 0. The zero-order valence-electron chi connectivity index (χ0n) is 8.93. The molecule has 0 saturated carbocycles. The van der Waals surface area contributed by atoms with Crippen molar-refractivity contribution >= 4 is 5.84 Å². The Bertz CT molecular complexity index is 354.